The van der Waals surface area contributed by atoms with Crippen LogP contribution in [0.2, 0.25) is 0 Å². The lowest BCUT2D eigenvalue weighted by atomic mass is 9.98. The molecule has 0 amide bonds. The van der Waals surface area contributed by atoms with E-state index in [9.17, 15) is 0 Å². The Morgan fingerprint density at radius 3 is 2.90 bits per heavy atom. The van der Waals surface area contributed by atoms with Crippen molar-refractivity contribution < 1.29 is 4.74 Å². The van der Waals surface area contributed by atoms with Gasteiger partial charge in [0.05, 0.1) is 24.1 Å². The third kappa shape index (κ3) is 3.45. The highest BCUT2D eigenvalue weighted by Crippen LogP contribution is 2.27. The Morgan fingerprint density at radius 2 is 2.05 bits per heavy atom. The van der Waals surface area contributed by atoms with Gasteiger partial charge in [-0.2, -0.15) is 0 Å². The molecule has 112 valence electrons. The Labute approximate surface area is 125 Å². The Kier molecular flexibility index (Phi) is 4.55. The lowest BCUT2D eigenvalue weighted by Gasteiger charge is -2.22. The molecule has 2 aromatic rings. The van der Waals surface area contributed by atoms with Gasteiger partial charge in [0.2, 0.25) is 0 Å². The van der Waals surface area contributed by atoms with Crippen molar-refractivity contribution in [3.63, 3.8) is 0 Å². The first kappa shape index (κ1) is 14.1. The summed E-state index contributed by atoms with van der Waals surface area (Å²) >= 11 is 0. The van der Waals surface area contributed by atoms with E-state index in [1.807, 2.05) is 24.4 Å². The Morgan fingerprint density at radius 1 is 1.19 bits per heavy atom. The number of pyridine rings is 1. The number of hydrogen-bond donors (Lipinski definition) is 2. The van der Waals surface area contributed by atoms with Gasteiger partial charge in [-0.25, -0.2) is 0 Å². The summed E-state index contributed by atoms with van der Waals surface area (Å²) in [7, 11) is 0. The van der Waals surface area contributed by atoms with Crippen LogP contribution in [0.3, 0.4) is 0 Å². The first-order valence-electron chi connectivity index (χ1n) is 7.82. The molecule has 1 aliphatic carbocycles. The summed E-state index contributed by atoms with van der Waals surface area (Å²) in [4.78, 5) is 4.11. The van der Waals surface area contributed by atoms with Crippen LogP contribution in [0.1, 0.15) is 32.1 Å². The number of ether oxygens (including phenoxy) is 1. The molecule has 4 nitrogen and oxygen atoms in total. The molecule has 0 spiro atoms. The van der Waals surface area contributed by atoms with Crippen molar-refractivity contribution in [3.05, 3.63) is 30.6 Å². The molecule has 0 atom stereocenters. The van der Waals surface area contributed by atoms with E-state index in [4.69, 9.17) is 10.5 Å². The molecule has 1 aromatic carbocycles. The monoisotopic (exact) mass is 285 g/mol. The molecular formula is C17H23N3O. The van der Waals surface area contributed by atoms with E-state index < -0.39 is 0 Å². The van der Waals surface area contributed by atoms with Crippen molar-refractivity contribution in [2.45, 2.75) is 38.2 Å². The van der Waals surface area contributed by atoms with E-state index in [0.717, 1.165) is 35.3 Å². The van der Waals surface area contributed by atoms with Crippen LogP contribution in [0.15, 0.2) is 30.6 Å². The summed E-state index contributed by atoms with van der Waals surface area (Å²) in [6.07, 6.45) is 10.5. The minimum Gasteiger partial charge on any atom is -0.397 e. The van der Waals surface area contributed by atoms with Crippen molar-refractivity contribution in [1.29, 1.82) is 0 Å². The predicted molar refractivity (Wildman–Crippen MR) is 87.5 cm³/mol. The lowest BCUT2D eigenvalue weighted by Crippen LogP contribution is -2.20. The Bertz CT molecular complexity index is 594. The number of fused-ring (bicyclic) bond motifs is 1. The summed E-state index contributed by atoms with van der Waals surface area (Å²) in [5.74, 6) is 0. The minimum absolute atomic E-state index is 0.459. The van der Waals surface area contributed by atoms with Crippen LogP contribution in [-0.2, 0) is 4.74 Å². The van der Waals surface area contributed by atoms with Crippen LogP contribution in [-0.4, -0.2) is 24.2 Å². The number of anilines is 2. The van der Waals surface area contributed by atoms with Crippen LogP contribution in [0.4, 0.5) is 11.4 Å². The summed E-state index contributed by atoms with van der Waals surface area (Å²) in [5.41, 5.74) is 7.97. The molecule has 1 fully saturated rings. The molecule has 0 saturated heterocycles. The van der Waals surface area contributed by atoms with Crippen LogP contribution < -0.4 is 11.1 Å². The number of hydrogen-bond acceptors (Lipinski definition) is 4. The summed E-state index contributed by atoms with van der Waals surface area (Å²) in [5, 5.41) is 5.49. The molecule has 1 saturated carbocycles. The Balaban J connectivity index is 1.54. The zero-order valence-corrected chi connectivity index (χ0v) is 12.3. The van der Waals surface area contributed by atoms with Crippen molar-refractivity contribution in [1.82, 2.24) is 4.98 Å². The highest BCUT2D eigenvalue weighted by Gasteiger charge is 2.13. The van der Waals surface area contributed by atoms with Gasteiger partial charge in [0.1, 0.15) is 0 Å². The van der Waals surface area contributed by atoms with E-state index in [1.54, 1.807) is 6.20 Å². The maximum absolute atomic E-state index is 6.21. The first-order valence-corrected chi connectivity index (χ1v) is 7.82. The van der Waals surface area contributed by atoms with Gasteiger partial charge in [0.15, 0.2) is 0 Å². The molecule has 1 aliphatic rings. The highest BCUT2D eigenvalue weighted by atomic mass is 16.5. The second kappa shape index (κ2) is 6.76. The molecule has 0 unspecified atom stereocenters. The van der Waals surface area contributed by atoms with Crippen molar-refractivity contribution in [3.8, 4) is 0 Å². The quantitative estimate of drug-likeness (QED) is 0.651. The number of benzene rings is 1. The standard InChI is InChI=1S/C17H23N3O/c18-17-15-8-9-19-12-13(15)6-7-16(17)20-10-11-21-14-4-2-1-3-5-14/h6-9,12,14,20H,1-5,10-11,18H2. The fourth-order valence-corrected chi connectivity index (χ4v) is 2.99. The van der Waals surface area contributed by atoms with E-state index >= 15 is 0 Å². The number of nitrogens with one attached hydrogen (secondary N) is 1. The second-order valence-electron chi connectivity index (χ2n) is 5.68. The summed E-state index contributed by atoms with van der Waals surface area (Å²) < 4.78 is 5.92. The normalized spacial score (nSPS) is 16.2. The molecule has 3 N–H and O–H groups in total. The number of rotatable bonds is 5. The zero-order valence-electron chi connectivity index (χ0n) is 12.3. The third-order valence-electron chi connectivity index (χ3n) is 4.19. The van der Waals surface area contributed by atoms with E-state index in [-0.39, 0.29) is 0 Å². The lowest BCUT2D eigenvalue weighted by molar-refractivity contribution is 0.0347. The highest BCUT2D eigenvalue weighted by molar-refractivity contribution is 5.98. The summed E-state index contributed by atoms with van der Waals surface area (Å²) in [6, 6.07) is 6.01. The van der Waals surface area contributed by atoms with Crippen molar-refractivity contribution in [2.24, 2.45) is 0 Å². The SMILES string of the molecule is Nc1c(NCCOC2CCCCC2)ccc2cnccc12. The minimum atomic E-state index is 0.459. The molecule has 0 aliphatic heterocycles. The molecule has 1 heterocycles. The average Bonchev–Trinajstić information content (AvgIpc) is 2.55. The average molecular weight is 285 g/mol. The summed E-state index contributed by atoms with van der Waals surface area (Å²) in [6.45, 7) is 1.52. The molecule has 4 heteroatoms. The van der Waals surface area contributed by atoms with Gasteiger partial charge < -0.3 is 15.8 Å². The van der Waals surface area contributed by atoms with Crippen LogP contribution in [0.25, 0.3) is 10.8 Å². The van der Waals surface area contributed by atoms with E-state index in [0.29, 0.717) is 6.10 Å². The van der Waals surface area contributed by atoms with E-state index in [1.165, 1.54) is 32.1 Å². The van der Waals surface area contributed by atoms with Gasteiger partial charge in [-0.05, 0) is 25.0 Å². The fourth-order valence-electron chi connectivity index (χ4n) is 2.99. The van der Waals surface area contributed by atoms with Crippen LogP contribution >= 0.6 is 0 Å². The first-order chi connectivity index (χ1) is 10.3. The van der Waals surface area contributed by atoms with Gasteiger partial charge >= 0.3 is 0 Å². The number of nitrogens with two attached hydrogens (primary N) is 1. The van der Waals surface area contributed by atoms with E-state index in [2.05, 4.69) is 10.3 Å². The van der Waals surface area contributed by atoms with Gasteiger partial charge in [-0.1, -0.05) is 25.3 Å². The fraction of sp³-hybridized carbons (Fsp3) is 0.471. The van der Waals surface area contributed by atoms with Crippen LogP contribution in [0, 0.1) is 0 Å². The maximum atomic E-state index is 6.21. The molecule has 1 aromatic heterocycles. The van der Waals surface area contributed by atoms with Crippen molar-refractivity contribution in [2.75, 3.05) is 24.2 Å². The smallest absolute Gasteiger partial charge is 0.0642 e. The number of aromatic nitrogens is 1. The number of nitrogens with zero attached hydrogens (tertiary/aromatic N) is 1. The zero-order chi connectivity index (χ0) is 14.5. The molecular weight excluding hydrogens is 262 g/mol. The van der Waals surface area contributed by atoms with Crippen LogP contribution in [0.5, 0.6) is 0 Å². The predicted octanol–water partition coefficient (Wildman–Crippen LogP) is 3.58. The second-order valence-corrected chi connectivity index (χ2v) is 5.68. The third-order valence-corrected chi connectivity index (χ3v) is 4.19. The van der Waals surface area contributed by atoms with Gasteiger partial charge in [-0.3, -0.25) is 4.98 Å². The Hall–Kier alpha value is -1.81. The molecule has 0 bridgehead atoms. The van der Waals surface area contributed by atoms with Gasteiger partial charge in [0, 0.05) is 29.7 Å². The van der Waals surface area contributed by atoms with Crippen molar-refractivity contribution >= 4 is 22.1 Å². The largest absolute Gasteiger partial charge is 0.397 e. The number of nitrogen functional groups attached to an aromatic ring is 1. The molecule has 0 radical (unpaired) electrons. The molecule has 21 heavy (non-hydrogen) atoms. The maximum Gasteiger partial charge on any atom is 0.0642 e. The topological polar surface area (TPSA) is 60.2 Å². The van der Waals surface area contributed by atoms with Gasteiger partial charge in [0.25, 0.3) is 0 Å². The van der Waals surface area contributed by atoms with Gasteiger partial charge in [-0.15, -0.1) is 0 Å². The molecule has 3 rings (SSSR count).